The molecule has 1 aliphatic rings. The van der Waals surface area contributed by atoms with E-state index in [1.807, 2.05) is 19.1 Å². The number of hydrogen-bond donors (Lipinski definition) is 2. The smallest absolute Gasteiger partial charge is 0.264 e. The molecule has 0 spiro atoms. The number of benzene rings is 2. The zero-order valence-electron chi connectivity index (χ0n) is 14.7. The number of nitrogens with one attached hydrogen (secondary N) is 1. The van der Waals surface area contributed by atoms with Gasteiger partial charge in [-0.3, -0.25) is 4.99 Å². The molecule has 3 rings (SSSR count). The molecule has 0 bridgehead atoms. The van der Waals surface area contributed by atoms with Crippen molar-refractivity contribution in [3.05, 3.63) is 59.1 Å². The molecule has 2 aromatic carbocycles. The van der Waals surface area contributed by atoms with E-state index in [4.69, 9.17) is 17.3 Å². The van der Waals surface area contributed by atoms with Crippen LogP contribution in [-0.4, -0.2) is 32.1 Å². The highest BCUT2D eigenvalue weighted by Crippen LogP contribution is 2.29. The summed E-state index contributed by atoms with van der Waals surface area (Å²) >= 11 is 5.93. The Labute approximate surface area is 163 Å². The molecule has 0 radical (unpaired) electrons. The summed E-state index contributed by atoms with van der Waals surface area (Å²) in [5, 5.41) is 6.24. The fourth-order valence-electron chi connectivity index (χ4n) is 2.73. The van der Waals surface area contributed by atoms with Gasteiger partial charge in [-0.25, -0.2) is 18.1 Å². The van der Waals surface area contributed by atoms with Gasteiger partial charge >= 0.3 is 0 Å². The van der Waals surface area contributed by atoms with Gasteiger partial charge in [0.15, 0.2) is 0 Å². The molecule has 0 aliphatic carbocycles. The van der Waals surface area contributed by atoms with Crippen LogP contribution < -0.4 is 10.5 Å². The van der Waals surface area contributed by atoms with Crippen LogP contribution in [0.2, 0.25) is 5.02 Å². The molecule has 0 amide bonds. The van der Waals surface area contributed by atoms with Crippen molar-refractivity contribution in [2.75, 3.05) is 12.3 Å². The third-order valence-electron chi connectivity index (χ3n) is 4.01. The van der Waals surface area contributed by atoms with Gasteiger partial charge in [0.1, 0.15) is 0 Å². The van der Waals surface area contributed by atoms with Crippen LogP contribution in [0.5, 0.6) is 0 Å². The number of hydrazone groups is 1. The first kappa shape index (κ1) is 19.2. The van der Waals surface area contributed by atoms with E-state index < -0.39 is 10.0 Å². The average molecular weight is 406 g/mol. The van der Waals surface area contributed by atoms with Crippen molar-refractivity contribution >= 4 is 39.5 Å². The van der Waals surface area contributed by atoms with Crippen molar-refractivity contribution in [2.45, 2.75) is 24.3 Å². The molecule has 0 saturated carbocycles. The number of sulfonamides is 1. The Morgan fingerprint density at radius 1 is 1.33 bits per heavy atom. The first-order chi connectivity index (χ1) is 12.9. The number of anilines is 1. The first-order valence-electron chi connectivity index (χ1n) is 8.40. The number of nitrogens with two attached hydrogens (primary N) is 1. The molecule has 1 atom stereocenters. The van der Waals surface area contributed by atoms with E-state index in [2.05, 4.69) is 14.8 Å². The van der Waals surface area contributed by atoms with E-state index in [0.717, 1.165) is 5.56 Å². The number of aliphatic imine (C=N–C) groups is 1. The van der Waals surface area contributed by atoms with Crippen LogP contribution in [0.25, 0.3) is 0 Å². The minimum Gasteiger partial charge on any atom is -0.399 e. The fourth-order valence-corrected chi connectivity index (χ4v) is 4.04. The zero-order valence-corrected chi connectivity index (χ0v) is 16.3. The second-order valence-corrected chi connectivity index (χ2v) is 8.04. The molecule has 9 heteroatoms. The standard InChI is InChI=1S/C18H20ClN5O2S/c1-2-21-18(23-27(25,26)16-5-3-4-14(19)12-16)24-17(10-11-22-24)13-6-8-15(20)9-7-13/h3-9,11-12,17H,2,10,20H2,1H3,(H,21,23). The van der Waals surface area contributed by atoms with Crippen LogP contribution >= 0.6 is 11.6 Å². The Morgan fingerprint density at radius 2 is 2.07 bits per heavy atom. The summed E-state index contributed by atoms with van der Waals surface area (Å²) in [5.41, 5.74) is 7.38. The number of hydrogen-bond acceptors (Lipinski definition) is 5. The predicted molar refractivity (Wildman–Crippen MR) is 108 cm³/mol. The summed E-state index contributed by atoms with van der Waals surface area (Å²) in [5.74, 6) is 0.160. The zero-order chi connectivity index (χ0) is 19.4. The highest BCUT2D eigenvalue weighted by molar-refractivity contribution is 7.90. The second kappa shape index (κ2) is 7.98. The second-order valence-electron chi connectivity index (χ2n) is 5.92. The van der Waals surface area contributed by atoms with Gasteiger partial charge < -0.3 is 5.73 Å². The van der Waals surface area contributed by atoms with Crippen molar-refractivity contribution in [1.82, 2.24) is 9.73 Å². The van der Waals surface area contributed by atoms with E-state index in [1.165, 1.54) is 12.1 Å². The molecule has 27 heavy (non-hydrogen) atoms. The summed E-state index contributed by atoms with van der Waals surface area (Å²) in [7, 11) is -3.85. The van der Waals surface area contributed by atoms with Crippen molar-refractivity contribution < 1.29 is 8.42 Å². The molecular weight excluding hydrogens is 386 g/mol. The lowest BCUT2D eigenvalue weighted by Gasteiger charge is -2.26. The van der Waals surface area contributed by atoms with Gasteiger partial charge in [-0.2, -0.15) is 5.10 Å². The van der Waals surface area contributed by atoms with E-state index in [1.54, 1.807) is 35.5 Å². The molecule has 0 fully saturated rings. The summed E-state index contributed by atoms with van der Waals surface area (Å²) in [4.78, 5) is 4.37. The summed E-state index contributed by atoms with van der Waals surface area (Å²) < 4.78 is 28.1. The maximum absolute atomic E-state index is 12.8. The largest absolute Gasteiger partial charge is 0.399 e. The third-order valence-corrected chi connectivity index (χ3v) is 5.57. The van der Waals surface area contributed by atoms with E-state index >= 15 is 0 Å². The van der Waals surface area contributed by atoms with E-state index in [0.29, 0.717) is 23.7 Å². The average Bonchev–Trinajstić information content (AvgIpc) is 3.11. The fraction of sp³-hybridized carbons (Fsp3) is 0.222. The van der Waals surface area contributed by atoms with E-state index in [9.17, 15) is 8.42 Å². The van der Waals surface area contributed by atoms with Crippen molar-refractivity contribution in [1.29, 1.82) is 0 Å². The number of nitrogen functional groups attached to an aromatic ring is 1. The highest BCUT2D eigenvalue weighted by Gasteiger charge is 2.29. The van der Waals surface area contributed by atoms with Crippen molar-refractivity contribution in [3.8, 4) is 0 Å². The van der Waals surface area contributed by atoms with Gasteiger partial charge in [-0.15, -0.1) is 0 Å². The van der Waals surface area contributed by atoms with Crippen molar-refractivity contribution in [2.24, 2.45) is 10.1 Å². The Balaban J connectivity index is 1.90. The quantitative estimate of drug-likeness (QED) is 0.464. The van der Waals surface area contributed by atoms with Gasteiger partial charge in [0.2, 0.25) is 5.96 Å². The number of halogens is 1. The molecule has 3 N–H and O–H groups in total. The van der Waals surface area contributed by atoms with E-state index in [-0.39, 0.29) is 16.9 Å². The lowest BCUT2D eigenvalue weighted by molar-refractivity contribution is 0.361. The lowest BCUT2D eigenvalue weighted by atomic mass is 10.0. The molecule has 0 aromatic heterocycles. The molecule has 1 aliphatic heterocycles. The van der Waals surface area contributed by atoms with Crippen LogP contribution in [0.4, 0.5) is 5.69 Å². The van der Waals surface area contributed by atoms with Gasteiger partial charge in [-0.05, 0) is 42.8 Å². The first-order valence-corrected chi connectivity index (χ1v) is 10.3. The van der Waals surface area contributed by atoms with Crippen LogP contribution in [0, 0.1) is 0 Å². The molecule has 1 unspecified atom stereocenters. The van der Waals surface area contributed by atoms with Crippen LogP contribution in [-0.2, 0) is 10.0 Å². The molecule has 142 valence electrons. The summed E-state index contributed by atoms with van der Waals surface area (Å²) in [6.07, 6.45) is 2.37. The monoisotopic (exact) mass is 405 g/mol. The molecular formula is C18H20ClN5O2S. The van der Waals surface area contributed by atoms with Crippen LogP contribution in [0.1, 0.15) is 24.9 Å². The molecule has 2 aromatic rings. The molecule has 0 saturated heterocycles. The normalized spacial score (nSPS) is 17.3. The van der Waals surface area contributed by atoms with Crippen LogP contribution in [0.3, 0.4) is 0 Å². The molecule has 1 heterocycles. The number of rotatable bonds is 4. The predicted octanol–water partition coefficient (Wildman–Crippen LogP) is 3.01. The van der Waals surface area contributed by atoms with Gasteiger partial charge in [-0.1, -0.05) is 29.8 Å². The van der Waals surface area contributed by atoms with Gasteiger partial charge in [0.05, 0.1) is 10.9 Å². The van der Waals surface area contributed by atoms with Crippen LogP contribution in [0.15, 0.2) is 63.5 Å². The SMILES string of the molecule is CCN=C(NS(=O)(=O)c1cccc(Cl)c1)N1N=CCC1c1ccc(N)cc1. The van der Waals surface area contributed by atoms with Gasteiger partial charge in [0, 0.05) is 29.9 Å². The maximum Gasteiger partial charge on any atom is 0.264 e. The Kier molecular flexibility index (Phi) is 5.67. The maximum atomic E-state index is 12.8. The minimum absolute atomic E-state index is 0.0611. The highest BCUT2D eigenvalue weighted by atomic mass is 35.5. The topological polar surface area (TPSA) is 100 Å². The number of guanidine groups is 1. The number of nitrogens with zero attached hydrogens (tertiary/aromatic N) is 3. The van der Waals surface area contributed by atoms with Crippen molar-refractivity contribution in [3.63, 3.8) is 0 Å². The summed E-state index contributed by atoms with van der Waals surface area (Å²) in [6.45, 7) is 2.22. The Bertz CT molecular complexity index is 974. The summed E-state index contributed by atoms with van der Waals surface area (Å²) in [6, 6.07) is 13.3. The Morgan fingerprint density at radius 3 is 2.74 bits per heavy atom. The minimum atomic E-state index is -3.85. The lowest BCUT2D eigenvalue weighted by Crippen LogP contribution is -2.42. The molecule has 7 nitrogen and oxygen atoms in total. The third kappa shape index (κ3) is 4.40. The van der Waals surface area contributed by atoms with Gasteiger partial charge in [0.25, 0.3) is 10.0 Å². The Hall–Kier alpha value is -2.58.